The van der Waals surface area contributed by atoms with E-state index in [9.17, 15) is 4.79 Å². The first-order valence-electron chi connectivity index (χ1n) is 5.68. The SMILES string of the molecule is Nc1ccc2c3c(n[nH]c13)-c1ccccc1C2=O. The van der Waals surface area contributed by atoms with E-state index in [4.69, 9.17) is 5.73 Å². The maximum Gasteiger partial charge on any atom is 0.194 e. The van der Waals surface area contributed by atoms with E-state index in [0.29, 0.717) is 16.8 Å². The summed E-state index contributed by atoms with van der Waals surface area (Å²) in [7, 11) is 0. The van der Waals surface area contributed by atoms with Crippen LogP contribution in [0.25, 0.3) is 22.2 Å². The molecule has 1 aromatic heterocycles. The van der Waals surface area contributed by atoms with E-state index in [1.807, 2.05) is 24.3 Å². The molecule has 0 atom stereocenters. The molecule has 86 valence electrons. The number of ketones is 1. The zero-order valence-electron chi connectivity index (χ0n) is 9.40. The minimum absolute atomic E-state index is 0.0319. The van der Waals surface area contributed by atoms with Gasteiger partial charge in [0, 0.05) is 22.1 Å². The molecule has 0 unspecified atom stereocenters. The first-order valence-corrected chi connectivity index (χ1v) is 5.68. The highest BCUT2D eigenvalue weighted by molar-refractivity contribution is 6.26. The molecule has 4 rings (SSSR count). The van der Waals surface area contributed by atoms with Crippen LogP contribution in [0.2, 0.25) is 0 Å². The molecule has 0 spiro atoms. The van der Waals surface area contributed by atoms with Gasteiger partial charge in [-0.2, -0.15) is 5.10 Å². The minimum atomic E-state index is 0.0319. The second-order valence-corrected chi connectivity index (χ2v) is 4.40. The summed E-state index contributed by atoms with van der Waals surface area (Å²) in [6.45, 7) is 0. The molecule has 0 aliphatic heterocycles. The fourth-order valence-corrected chi connectivity index (χ4v) is 2.57. The summed E-state index contributed by atoms with van der Waals surface area (Å²) in [6, 6.07) is 11.0. The Morgan fingerprint density at radius 2 is 1.78 bits per heavy atom. The average Bonchev–Trinajstić information content (AvgIpc) is 2.84. The quantitative estimate of drug-likeness (QED) is 0.459. The molecule has 0 saturated carbocycles. The number of nitrogen functional groups attached to an aromatic ring is 1. The third-order valence-electron chi connectivity index (χ3n) is 3.43. The van der Waals surface area contributed by atoms with Gasteiger partial charge in [-0.15, -0.1) is 0 Å². The van der Waals surface area contributed by atoms with Crippen LogP contribution in [0.3, 0.4) is 0 Å². The van der Waals surface area contributed by atoms with Crippen molar-refractivity contribution in [1.82, 2.24) is 10.2 Å². The van der Waals surface area contributed by atoms with Crippen molar-refractivity contribution in [3.05, 3.63) is 47.5 Å². The molecule has 3 N–H and O–H groups in total. The molecule has 1 heterocycles. The Hall–Kier alpha value is -2.62. The van der Waals surface area contributed by atoms with Crippen LogP contribution in [0.15, 0.2) is 36.4 Å². The molecule has 2 aromatic carbocycles. The number of carbonyl (C=O) groups excluding carboxylic acids is 1. The number of nitrogens with zero attached hydrogens (tertiary/aromatic N) is 1. The molecule has 3 aromatic rings. The molecule has 0 saturated heterocycles. The third-order valence-corrected chi connectivity index (χ3v) is 3.43. The first-order chi connectivity index (χ1) is 8.77. The molecular formula is C14H9N3O. The van der Waals surface area contributed by atoms with E-state index >= 15 is 0 Å². The van der Waals surface area contributed by atoms with Crippen molar-refractivity contribution in [2.45, 2.75) is 0 Å². The molecule has 4 nitrogen and oxygen atoms in total. The van der Waals surface area contributed by atoms with Gasteiger partial charge in [0.25, 0.3) is 0 Å². The number of fused-ring (bicyclic) bond motifs is 2. The van der Waals surface area contributed by atoms with E-state index in [0.717, 1.165) is 22.2 Å². The fourth-order valence-electron chi connectivity index (χ4n) is 2.57. The summed E-state index contributed by atoms with van der Waals surface area (Å²) in [4.78, 5) is 12.4. The van der Waals surface area contributed by atoms with E-state index in [2.05, 4.69) is 10.2 Å². The Kier molecular flexibility index (Phi) is 1.56. The predicted molar refractivity (Wildman–Crippen MR) is 69.4 cm³/mol. The van der Waals surface area contributed by atoms with E-state index in [1.54, 1.807) is 12.1 Å². The van der Waals surface area contributed by atoms with Gasteiger partial charge >= 0.3 is 0 Å². The number of hydrogen-bond donors (Lipinski definition) is 2. The molecule has 1 aliphatic carbocycles. The summed E-state index contributed by atoms with van der Waals surface area (Å²) in [5.41, 5.74) is 10.3. The van der Waals surface area contributed by atoms with Crippen LogP contribution < -0.4 is 5.73 Å². The van der Waals surface area contributed by atoms with Gasteiger partial charge in [0.15, 0.2) is 5.78 Å². The minimum Gasteiger partial charge on any atom is -0.397 e. The maximum absolute atomic E-state index is 12.4. The standard InChI is InChI=1S/C14H9N3O/c15-10-6-5-9-11-12(16-17-13(10)11)7-3-1-2-4-8(7)14(9)18/h1-6H,15H2,(H,16,17). The number of aromatic nitrogens is 2. The topological polar surface area (TPSA) is 71.8 Å². The third kappa shape index (κ3) is 0.953. The summed E-state index contributed by atoms with van der Waals surface area (Å²) in [6.07, 6.45) is 0. The molecule has 1 aliphatic rings. The van der Waals surface area contributed by atoms with Gasteiger partial charge in [-0.3, -0.25) is 9.89 Å². The van der Waals surface area contributed by atoms with E-state index < -0.39 is 0 Å². The Bertz CT molecular complexity index is 817. The Morgan fingerprint density at radius 1 is 1.00 bits per heavy atom. The monoisotopic (exact) mass is 235 g/mol. The fraction of sp³-hybridized carbons (Fsp3) is 0. The van der Waals surface area contributed by atoms with Crippen LogP contribution in [0, 0.1) is 0 Å². The summed E-state index contributed by atoms with van der Waals surface area (Å²) < 4.78 is 0. The molecular weight excluding hydrogens is 226 g/mol. The maximum atomic E-state index is 12.4. The lowest BCUT2D eigenvalue weighted by Gasteiger charge is -2.14. The Balaban J connectivity index is 2.26. The second kappa shape index (κ2) is 2.98. The van der Waals surface area contributed by atoms with Gasteiger partial charge in [0.2, 0.25) is 0 Å². The number of rotatable bonds is 0. The van der Waals surface area contributed by atoms with Crippen molar-refractivity contribution in [2.24, 2.45) is 0 Å². The van der Waals surface area contributed by atoms with Crippen molar-refractivity contribution >= 4 is 22.4 Å². The number of anilines is 1. The number of benzene rings is 2. The highest BCUT2D eigenvalue weighted by Gasteiger charge is 2.27. The number of nitrogens with one attached hydrogen (secondary N) is 1. The van der Waals surface area contributed by atoms with Crippen molar-refractivity contribution < 1.29 is 4.79 Å². The molecule has 0 amide bonds. The smallest absolute Gasteiger partial charge is 0.194 e. The number of hydrogen-bond acceptors (Lipinski definition) is 3. The lowest BCUT2D eigenvalue weighted by Crippen LogP contribution is -2.09. The number of nitrogens with two attached hydrogens (primary N) is 1. The Labute approximate surface area is 102 Å². The van der Waals surface area contributed by atoms with Gasteiger partial charge in [-0.05, 0) is 12.1 Å². The van der Waals surface area contributed by atoms with E-state index in [-0.39, 0.29) is 5.78 Å². The lowest BCUT2D eigenvalue weighted by atomic mass is 9.87. The van der Waals surface area contributed by atoms with Gasteiger partial charge in [-0.1, -0.05) is 24.3 Å². The molecule has 18 heavy (non-hydrogen) atoms. The van der Waals surface area contributed by atoms with Crippen molar-refractivity contribution in [3.8, 4) is 11.3 Å². The number of aromatic amines is 1. The molecule has 0 fully saturated rings. The molecule has 0 radical (unpaired) electrons. The van der Waals surface area contributed by atoms with Gasteiger partial charge in [-0.25, -0.2) is 0 Å². The summed E-state index contributed by atoms with van der Waals surface area (Å²) in [5, 5.41) is 8.06. The van der Waals surface area contributed by atoms with Crippen LogP contribution >= 0.6 is 0 Å². The summed E-state index contributed by atoms with van der Waals surface area (Å²) in [5.74, 6) is 0.0319. The van der Waals surface area contributed by atoms with E-state index in [1.165, 1.54) is 0 Å². The predicted octanol–water partition coefficient (Wildman–Crippen LogP) is 2.36. The van der Waals surface area contributed by atoms with Crippen LogP contribution in [-0.2, 0) is 0 Å². The van der Waals surface area contributed by atoms with Gasteiger partial charge in [0.1, 0.15) is 5.69 Å². The van der Waals surface area contributed by atoms with Crippen molar-refractivity contribution in [1.29, 1.82) is 0 Å². The number of carbonyl (C=O) groups is 1. The second-order valence-electron chi connectivity index (χ2n) is 4.40. The Morgan fingerprint density at radius 3 is 2.61 bits per heavy atom. The van der Waals surface area contributed by atoms with Crippen LogP contribution in [-0.4, -0.2) is 16.0 Å². The average molecular weight is 235 g/mol. The van der Waals surface area contributed by atoms with Crippen molar-refractivity contribution in [3.63, 3.8) is 0 Å². The number of H-pyrrole nitrogens is 1. The van der Waals surface area contributed by atoms with Gasteiger partial charge < -0.3 is 5.73 Å². The normalized spacial score (nSPS) is 12.8. The highest BCUT2D eigenvalue weighted by Crippen LogP contribution is 2.39. The highest BCUT2D eigenvalue weighted by atomic mass is 16.1. The van der Waals surface area contributed by atoms with Crippen LogP contribution in [0.4, 0.5) is 5.69 Å². The van der Waals surface area contributed by atoms with Crippen LogP contribution in [0.1, 0.15) is 15.9 Å². The van der Waals surface area contributed by atoms with Gasteiger partial charge in [0.05, 0.1) is 11.2 Å². The van der Waals surface area contributed by atoms with Crippen molar-refractivity contribution in [2.75, 3.05) is 5.73 Å². The zero-order chi connectivity index (χ0) is 12.3. The first kappa shape index (κ1) is 9.41. The van der Waals surface area contributed by atoms with Crippen LogP contribution in [0.5, 0.6) is 0 Å². The largest absolute Gasteiger partial charge is 0.397 e. The lowest BCUT2D eigenvalue weighted by molar-refractivity contribution is 0.104. The summed E-state index contributed by atoms with van der Waals surface area (Å²) >= 11 is 0. The molecule has 0 bridgehead atoms. The zero-order valence-corrected chi connectivity index (χ0v) is 9.40. The molecule has 4 heteroatoms.